The predicted molar refractivity (Wildman–Crippen MR) is 87.7 cm³/mol. The Bertz CT molecular complexity index is 643. The van der Waals surface area contributed by atoms with E-state index in [0.717, 1.165) is 14.8 Å². The second-order valence-corrected chi connectivity index (χ2v) is 5.73. The molecule has 2 aromatic carbocycles. The lowest BCUT2D eigenvalue weighted by molar-refractivity contribution is 0.102. The number of carbonyl (C=O) groups excluding carboxylic acids is 1. The molecular weight excluding hydrogens is 375 g/mol. The summed E-state index contributed by atoms with van der Waals surface area (Å²) in [6, 6.07) is 10.6. The van der Waals surface area contributed by atoms with Crippen molar-refractivity contribution in [3.05, 3.63) is 56.1 Å². The Hall–Kier alpha value is -1.27. The number of nitrogens with two attached hydrogens (primary N) is 1. The van der Waals surface area contributed by atoms with Gasteiger partial charge in [0.1, 0.15) is 0 Å². The monoisotopic (exact) mass is 386 g/mol. The summed E-state index contributed by atoms with van der Waals surface area (Å²) in [6.07, 6.45) is 0. The van der Waals surface area contributed by atoms with Crippen LogP contribution in [0.25, 0.3) is 0 Å². The summed E-state index contributed by atoms with van der Waals surface area (Å²) in [5.41, 5.74) is 8.54. The van der Waals surface area contributed by atoms with Crippen molar-refractivity contribution in [2.45, 2.75) is 6.92 Å². The van der Waals surface area contributed by atoms with Gasteiger partial charge in [-0.15, -0.1) is 0 Å². The number of rotatable bonds is 2. The molecule has 98 valence electrons. The average molecular weight is 387 g/mol. The number of nitrogens with one attached hydrogen (secondary N) is 1. The van der Waals surface area contributed by atoms with Crippen LogP contribution in [0.3, 0.4) is 0 Å². The highest BCUT2D eigenvalue weighted by Gasteiger charge is 2.09. The minimum Gasteiger partial charge on any atom is -0.399 e. The van der Waals surface area contributed by atoms with Crippen LogP contribution in [0.2, 0.25) is 5.02 Å². The number of carbonyl (C=O) groups is 1. The highest BCUT2D eigenvalue weighted by atomic mass is 127. The smallest absolute Gasteiger partial charge is 0.255 e. The van der Waals surface area contributed by atoms with Crippen molar-refractivity contribution in [1.82, 2.24) is 0 Å². The quantitative estimate of drug-likeness (QED) is 0.603. The van der Waals surface area contributed by atoms with E-state index in [1.807, 2.05) is 19.1 Å². The van der Waals surface area contributed by atoms with E-state index >= 15 is 0 Å². The third-order valence-corrected chi connectivity index (χ3v) is 4.25. The van der Waals surface area contributed by atoms with Gasteiger partial charge >= 0.3 is 0 Å². The maximum absolute atomic E-state index is 12.1. The number of benzene rings is 2. The molecule has 0 heterocycles. The van der Waals surface area contributed by atoms with Gasteiger partial charge in [0.25, 0.3) is 5.91 Å². The summed E-state index contributed by atoms with van der Waals surface area (Å²) in [4.78, 5) is 12.1. The fraction of sp³-hybridized carbons (Fsp3) is 0.0714. The van der Waals surface area contributed by atoms with E-state index in [4.69, 9.17) is 17.3 Å². The first-order valence-corrected chi connectivity index (χ1v) is 7.05. The van der Waals surface area contributed by atoms with Crippen molar-refractivity contribution in [3.8, 4) is 0 Å². The van der Waals surface area contributed by atoms with E-state index in [1.165, 1.54) is 0 Å². The molecule has 0 saturated carbocycles. The molecule has 0 bridgehead atoms. The number of hydrogen-bond acceptors (Lipinski definition) is 2. The molecule has 0 aliphatic rings. The topological polar surface area (TPSA) is 55.1 Å². The van der Waals surface area contributed by atoms with Crippen molar-refractivity contribution in [3.63, 3.8) is 0 Å². The Kier molecular flexibility index (Phi) is 4.31. The highest BCUT2D eigenvalue weighted by molar-refractivity contribution is 14.1. The van der Waals surface area contributed by atoms with Crippen LogP contribution < -0.4 is 11.1 Å². The first-order valence-electron chi connectivity index (χ1n) is 5.60. The van der Waals surface area contributed by atoms with E-state index in [2.05, 4.69) is 27.9 Å². The lowest BCUT2D eigenvalue weighted by Crippen LogP contribution is -2.13. The van der Waals surface area contributed by atoms with Gasteiger partial charge in [-0.2, -0.15) is 0 Å². The number of halogens is 2. The number of anilines is 2. The maximum Gasteiger partial charge on any atom is 0.255 e. The summed E-state index contributed by atoms with van der Waals surface area (Å²) in [5.74, 6) is -0.189. The van der Waals surface area contributed by atoms with Crippen LogP contribution in [0.15, 0.2) is 36.4 Å². The van der Waals surface area contributed by atoms with E-state index in [0.29, 0.717) is 16.3 Å². The first kappa shape index (κ1) is 14.1. The molecule has 0 radical (unpaired) electrons. The van der Waals surface area contributed by atoms with E-state index in [1.54, 1.807) is 24.3 Å². The number of nitrogen functional groups attached to an aromatic ring is 1. The van der Waals surface area contributed by atoms with E-state index in [-0.39, 0.29) is 5.91 Å². The second-order valence-electron chi connectivity index (χ2n) is 4.16. The number of amides is 1. The van der Waals surface area contributed by atoms with Crippen molar-refractivity contribution in [2.24, 2.45) is 0 Å². The van der Waals surface area contributed by atoms with Gasteiger partial charge in [-0.25, -0.2) is 0 Å². The second kappa shape index (κ2) is 5.79. The molecule has 0 aromatic heterocycles. The van der Waals surface area contributed by atoms with Crippen LogP contribution in [0.1, 0.15) is 15.9 Å². The van der Waals surface area contributed by atoms with Gasteiger partial charge in [0.2, 0.25) is 0 Å². The lowest BCUT2D eigenvalue weighted by atomic mass is 10.1. The summed E-state index contributed by atoms with van der Waals surface area (Å²) in [5, 5.41) is 3.42. The summed E-state index contributed by atoms with van der Waals surface area (Å²) in [7, 11) is 0. The normalized spacial score (nSPS) is 10.3. The van der Waals surface area contributed by atoms with Crippen LogP contribution in [-0.2, 0) is 0 Å². The van der Waals surface area contributed by atoms with Gasteiger partial charge in [-0.05, 0) is 71.5 Å². The van der Waals surface area contributed by atoms with Crippen molar-refractivity contribution in [2.75, 3.05) is 11.1 Å². The van der Waals surface area contributed by atoms with E-state index in [9.17, 15) is 4.79 Å². The SMILES string of the molecule is Cc1cc(N)ccc1NC(=O)c1ccc(I)c(Cl)c1. The average Bonchev–Trinajstić information content (AvgIpc) is 2.36. The van der Waals surface area contributed by atoms with Crippen LogP contribution in [-0.4, -0.2) is 5.91 Å². The van der Waals surface area contributed by atoms with Gasteiger partial charge in [0, 0.05) is 20.5 Å². The zero-order chi connectivity index (χ0) is 14.0. The molecule has 2 aromatic rings. The zero-order valence-electron chi connectivity index (χ0n) is 10.2. The molecular formula is C14H12ClIN2O. The highest BCUT2D eigenvalue weighted by Crippen LogP contribution is 2.22. The lowest BCUT2D eigenvalue weighted by Gasteiger charge is -2.09. The Morgan fingerprint density at radius 3 is 2.63 bits per heavy atom. The van der Waals surface area contributed by atoms with Crippen molar-refractivity contribution in [1.29, 1.82) is 0 Å². The van der Waals surface area contributed by atoms with Gasteiger partial charge in [0.15, 0.2) is 0 Å². The Morgan fingerprint density at radius 2 is 2.00 bits per heavy atom. The largest absolute Gasteiger partial charge is 0.399 e. The van der Waals surface area contributed by atoms with Crippen LogP contribution >= 0.6 is 34.2 Å². The Morgan fingerprint density at radius 1 is 1.26 bits per heavy atom. The summed E-state index contributed by atoms with van der Waals surface area (Å²) < 4.78 is 0.916. The number of hydrogen-bond donors (Lipinski definition) is 2. The molecule has 0 aliphatic carbocycles. The van der Waals surface area contributed by atoms with Crippen molar-refractivity contribution < 1.29 is 4.79 Å². The fourth-order valence-electron chi connectivity index (χ4n) is 1.66. The molecule has 0 spiro atoms. The molecule has 2 rings (SSSR count). The minimum absolute atomic E-state index is 0.189. The minimum atomic E-state index is -0.189. The molecule has 0 unspecified atom stereocenters. The Labute approximate surface area is 130 Å². The molecule has 1 amide bonds. The van der Waals surface area contributed by atoms with Crippen LogP contribution in [0, 0.1) is 10.5 Å². The van der Waals surface area contributed by atoms with Crippen LogP contribution in [0.4, 0.5) is 11.4 Å². The molecule has 0 aliphatic heterocycles. The predicted octanol–water partition coefficient (Wildman–Crippen LogP) is 4.09. The zero-order valence-corrected chi connectivity index (χ0v) is 13.1. The summed E-state index contributed by atoms with van der Waals surface area (Å²) >= 11 is 8.13. The molecule has 0 fully saturated rings. The number of aryl methyl sites for hydroxylation is 1. The third-order valence-electron chi connectivity index (χ3n) is 2.68. The molecule has 0 atom stereocenters. The fourth-order valence-corrected chi connectivity index (χ4v) is 2.18. The molecule has 3 nitrogen and oxygen atoms in total. The molecule has 5 heteroatoms. The molecule has 19 heavy (non-hydrogen) atoms. The first-order chi connectivity index (χ1) is 8.97. The standard InChI is InChI=1S/C14H12ClIN2O/c1-8-6-10(17)3-5-13(8)18-14(19)9-2-4-12(16)11(15)7-9/h2-7H,17H2,1H3,(H,18,19). The van der Waals surface area contributed by atoms with Gasteiger partial charge < -0.3 is 11.1 Å². The van der Waals surface area contributed by atoms with Gasteiger partial charge in [-0.3, -0.25) is 4.79 Å². The molecule has 0 saturated heterocycles. The van der Waals surface area contributed by atoms with Gasteiger partial charge in [-0.1, -0.05) is 11.6 Å². The molecule has 3 N–H and O–H groups in total. The summed E-state index contributed by atoms with van der Waals surface area (Å²) in [6.45, 7) is 1.90. The van der Waals surface area contributed by atoms with Gasteiger partial charge in [0.05, 0.1) is 5.02 Å². The van der Waals surface area contributed by atoms with E-state index < -0.39 is 0 Å². The van der Waals surface area contributed by atoms with Crippen molar-refractivity contribution >= 4 is 51.5 Å². The maximum atomic E-state index is 12.1. The Balaban J connectivity index is 2.23. The van der Waals surface area contributed by atoms with Crippen LogP contribution in [0.5, 0.6) is 0 Å². The third kappa shape index (κ3) is 3.39.